The summed E-state index contributed by atoms with van der Waals surface area (Å²) in [7, 11) is 7.38. The van der Waals surface area contributed by atoms with Crippen LogP contribution in [0.25, 0.3) is 0 Å². The molecule has 1 fully saturated rings. The van der Waals surface area contributed by atoms with Gasteiger partial charge in [-0.05, 0) is 85.2 Å². The van der Waals surface area contributed by atoms with Gasteiger partial charge in [-0.25, -0.2) is 4.79 Å². The van der Waals surface area contributed by atoms with Crippen LogP contribution in [0.2, 0.25) is 0 Å². The van der Waals surface area contributed by atoms with Crippen LogP contribution in [0.1, 0.15) is 55.8 Å². The van der Waals surface area contributed by atoms with Crippen LogP contribution in [0.4, 0.5) is 16.2 Å². The van der Waals surface area contributed by atoms with Gasteiger partial charge < -0.3 is 29.1 Å². The van der Waals surface area contributed by atoms with E-state index in [1.807, 2.05) is 34.1 Å². The molecule has 2 aliphatic rings. The molecule has 0 radical (unpaired) electrons. The van der Waals surface area contributed by atoms with Crippen molar-refractivity contribution in [3.63, 3.8) is 0 Å². The minimum absolute atomic E-state index is 0.0380. The van der Waals surface area contributed by atoms with Crippen molar-refractivity contribution >= 4 is 23.3 Å². The number of methoxy groups -OCH3 is 1. The molecule has 44 heavy (non-hydrogen) atoms. The van der Waals surface area contributed by atoms with Crippen LogP contribution in [0.15, 0.2) is 66.7 Å². The molecular formula is C36H46N4O4. The number of rotatable bonds is 9. The average Bonchev–Trinajstić information content (AvgIpc) is 3.04. The fraction of sp³-hybridized carbons (Fsp3) is 0.444. The van der Waals surface area contributed by atoms with Gasteiger partial charge in [0.2, 0.25) is 5.91 Å². The number of carbonyl (C=O) groups is 2. The van der Waals surface area contributed by atoms with Crippen LogP contribution in [-0.2, 0) is 11.2 Å². The lowest BCUT2D eigenvalue weighted by Crippen LogP contribution is -2.45. The zero-order valence-electron chi connectivity index (χ0n) is 27.0. The van der Waals surface area contributed by atoms with Gasteiger partial charge in [0.05, 0.1) is 25.7 Å². The van der Waals surface area contributed by atoms with E-state index in [-0.39, 0.29) is 30.5 Å². The van der Waals surface area contributed by atoms with E-state index < -0.39 is 0 Å². The van der Waals surface area contributed by atoms with Gasteiger partial charge in [-0.3, -0.25) is 4.79 Å². The second-order valence-corrected chi connectivity index (χ2v) is 12.3. The number of nitrogens with zero attached hydrogens (tertiary/aromatic N) is 4. The number of carbonyl (C=O) groups excluding carboxylic acids is 2. The fourth-order valence-corrected chi connectivity index (χ4v) is 6.32. The van der Waals surface area contributed by atoms with E-state index in [0.29, 0.717) is 17.4 Å². The molecule has 3 aromatic carbocycles. The maximum absolute atomic E-state index is 13.9. The third-order valence-corrected chi connectivity index (χ3v) is 8.98. The molecule has 2 heterocycles. The maximum Gasteiger partial charge on any atom is 0.319 e. The van der Waals surface area contributed by atoms with Crippen molar-refractivity contribution in [3.8, 4) is 11.5 Å². The Morgan fingerprint density at radius 1 is 0.977 bits per heavy atom. The van der Waals surface area contributed by atoms with Gasteiger partial charge in [-0.15, -0.1) is 0 Å². The van der Waals surface area contributed by atoms with Crippen molar-refractivity contribution in [1.29, 1.82) is 0 Å². The molecule has 8 nitrogen and oxygen atoms in total. The molecular weight excluding hydrogens is 552 g/mol. The molecule has 0 N–H and O–H groups in total. The number of hydrogen-bond donors (Lipinski definition) is 0. The first-order valence-electron chi connectivity index (χ1n) is 15.7. The van der Waals surface area contributed by atoms with E-state index in [4.69, 9.17) is 9.47 Å². The molecule has 3 amide bonds. The molecule has 0 saturated carbocycles. The third kappa shape index (κ3) is 6.64. The maximum atomic E-state index is 13.9. The van der Waals surface area contributed by atoms with Crippen LogP contribution < -0.4 is 19.3 Å². The third-order valence-electron chi connectivity index (χ3n) is 8.98. The number of urea groups is 1. The molecule has 2 atom stereocenters. The predicted octanol–water partition coefficient (Wildman–Crippen LogP) is 6.38. The summed E-state index contributed by atoms with van der Waals surface area (Å²) in [4.78, 5) is 34.0. The van der Waals surface area contributed by atoms with Gasteiger partial charge in [0, 0.05) is 52.2 Å². The highest BCUT2D eigenvalue weighted by Gasteiger charge is 2.36. The lowest BCUT2D eigenvalue weighted by atomic mass is 9.86. The zero-order valence-corrected chi connectivity index (χ0v) is 27.0. The van der Waals surface area contributed by atoms with E-state index in [1.54, 1.807) is 26.1 Å². The quantitative estimate of drug-likeness (QED) is 0.286. The minimum Gasteiger partial charge on any atom is -0.493 e. The van der Waals surface area contributed by atoms with Gasteiger partial charge in [0.15, 0.2) is 11.5 Å². The summed E-state index contributed by atoms with van der Waals surface area (Å²) in [6.45, 7) is 6.67. The normalized spacial score (nSPS) is 17.6. The van der Waals surface area contributed by atoms with E-state index in [1.165, 1.54) is 0 Å². The molecule has 8 heteroatoms. The largest absolute Gasteiger partial charge is 0.493 e. The summed E-state index contributed by atoms with van der Waals surface area (Å²) < 4.78 is 12.0. The molecule has 0 spiro atoms. The van der Waals surface area contributed by atoms with Crippen molar-refractivity contribution in [2.24, 2.45) is 5.92 Å². The zero-order chi connectivity index (χ0) is 31.4. The highest BCUT2D eigenvalue weighted by atomic mass is 16.5. The van der Waals surface area contributed by atoms with E-state index in [9.17, 15) is 9.59 Å². The molecule has 0 aliphatic carbocycles. The van der Waals surface area contributed by atoms with Crippen molar-refractivity contribution in [2.45, 2.75) is 51.7 Å². The number of anilines is 2. The molecule has 0 aromatic heterocycles. The monoisotopic (exact) mass is 598 g/mol. The number of hydrogen-bond acceptors (Lipinski definition) is 5. The lowest BCUT2D eigenvalue weighted by molar-refractivity contribution is -0.118. The Kier molecular flexibility index (Phi) is 9.67. The molecule has 234 valence electrons. The second kappa shape index (κ2) is 13.6. The van der Waals surface area contributed by atoms with E-state index in [2.05, 4.69) is 68.3 Å². The van der Waals surface area contributed by atoms with E-state index >= 15 is 0 Å². The first kappa shape index (κ1) is 31.2. The van der Waals surface area contributed by atoms with Crippen LogP contribution in [-0.4, -0.2) is 75.7 Å². The topological polar surface area (TPSA) is 65.6 Å². The van der Waals surface area contributed by atoms with Crippen molar-refractivity contribution < 1.29 is 19.1 Å². The lowest BCUT2D eigenvalue weighted by Gasteiger charge is -2.38. The summed E-state index contributed by atoms with van der Waals surface area (Å²) in [5.74, 6) is 1.92. The summed E-state index contributed by atoms with van der Waals surface area (Å²) >= 11 is 0. The predicted molar refractivity (Wildman–Crippen MR) is 176 cm³/mol. The van der Waals surface area contributed by atoms with Crippen LogP contribution in [0.3, 0.4) is 0 Å². The van der Waals surface area contributed by atoms with Gasteiger partial charge in [0.25, 0.3) is 0 Å². The number of benzene rings is 3. The number of piperidine rings is 1. The summed E-state index contributed by atoms with van der Waals surface area (Å²) in [5.41, 5.74) is 5.03. The average molecular weight is 599 g/mol. The first-order chi connectivity index (χ1) is 21.2. The summed E-state index contributed by atoms with van der Waals surface area (Å²) in [6.07, 6.45) is 3.20. The van der Waals surface area contributed by atoms with Crippen LogP contribution >= 0.6 is 0 Å². The van der Waals surface area contributed by atoms with Gasteiger partial charge in [0.1, 0.15) is 0 Å². The van der Waals surface area contributed by atoms with Crippen LogP contribution in [0, 0.1) is 5.92 Å². The molecule has 3 aromatic rings. The Labute approximate surface area is 262 Å². The number of fused-ring (bicyclic) bond motifs is 1. The Morgan fingerprint density at radius 3 is 2.27 bits per heavy atom. The Morgan fingerprint density at radius 2 is 1.66 bits per heavy atom. The number of amides is 3. The molecule has 0 bridgehead atoms. The van der Waals surface area contributed by atoms with Gasteiger partial charge in [-0.2, -0.15) is 0 Å². The minimum atomic E-state index is -0.295. The Balaban J connectivity index is 1.39. The first-order valence-corrected chi connectivity index (χ1v) is 15.7. The summed E-state index contributed by atoms with van der Waals surface area (Å²) in [6, 6.07) is 22.4. The van der Waals surface area contributed by atoms with Crippen molar-refractivity contribution in [2.75, 3.05) is 57.7 Å². The highest BCUT2D eigenvalue weighted by Crippen LogP contribution is 2.44. The van der Waals surface area contributed by atoms with E-state index in [0.717, 1.165) is 67.0 Å². The summed E-state index contributed by atoms with van der Waals surface area (Å²) in [5, 5.41) is 0. The fourth-order valence-electron chi connectivity index (χ4n) is 6.32. The Hall–Kier alpha value is -4.20. The highest BCUT2D eigenvalue weighted by molar-refractivity contribution is 5.98. The standard InChI is InChI=1S/C36H46N4O4/c1-7-25(2)44-33-23-31-28(21-32(33)43-6)22-34(41)40(35(31)27-11-9-8-10-12-27)30-15-13-29(14-16-30)38(5)24-26-17-19-39(20-18-26)36(42)37(3)4/h8-16,21,23,25-26,35H,7,17-20,22,24H2,1-6H3. The van der Waals surface area contributed by atoms with Gasteiger partial charge >= 0.3 is 6.03 Å². The van der Waals surface area contributed by atoms with Crippen LogP contribution in [0.5, 0.6) is 11.5 Å². The Bertz CT molecular complexity index is 1430. The molecule has 1 saturated heterocycles. The van der Waals surface area contributed by atoms with Crippen molar-refractivity contribution in [3.05, 3.63) is 83.4 Å². The smallest absolute Gasteiger partial charge is 0.319 e. The number of ether oxygens (including phenoxy) is 2. The SMILES string of the molecule is CCC(C)Oc1cc2c(cc1OC)CC(=O)N(c1ccc(N(C)CC3CCN(C(=O)N(C)C)CC3)cc1)C2c1ccccc1. The molecule has 5 rings (SSSR count). The van der Waals surface area contributed by atoms with Gasteiger partial charge in [-0.1, -0.05) is 37.3 Å². The molecule has 2 aliphatic heterocycles. The molecule has 2 unspecified atom stereocenters. The van der Waals surface area contributed by atoms with Crippen molar-refractivity contribution in [1.82, 2.24) is 9.80 Å². The number of likely N-dealkylation sites (tertiary alicyclic amines) is 1. The second-order valence-electron chi connectivity index (χ2n) is 12.3.